The molecule has 0 fully saturated rings. The zero-order valence-electron chi connectivity index (χ0n) is 8.18. The lowest BCUT2D eigenvalue weighted by molar-refractivity contribution is -0.144. The number of allylic oxidation sites excluding steroid dienone is 1. The fourth-order valence-corrected chi connectivity index (χ4v) is 1.52. The molecule has 1 aliphatic rings. The monoisotopic (exact) mass is 168 g/mol. The summed E-state index contributed by atoms with van der Waals surface area (Å²) in [5, 5.41) is 0. The van der Waals surface area contributed by atoms with Crippen molar-refractivity contribution >= 4 is 5.97 Å². The van der Waals surface area contributed by atoms with E-state index in [1.165, 1.54) is 12.5 Å². The van der Waals surface area contributed by atoms with E-state index in [9.17, 15) is 4.79 Å². The van der Waals surface area contributed by atoms with E-state index in [4.69, 9.17) is 4.74 Å². The fraction of sp³-hybridized carbons (Fsp3) is 0.700. The van der Waals surface area contributed by atoms with Crippen molar-refractivity contribution in [1.82, 2.24) is 0 Å². The van der Waals surface area contributed by atoms with E-state index in [2.05, 4.69) is 20.8 Å². The minimum atomic E-state index is -0.193. The Hall–Kier alpha value is -0.790. The summed E-state index contributed by atoms with van der Waals surface area (Å²) in [6.45, 7) is 7.88. The molecule has 0 bridgehead atoms. The summed E-state index contributed by atoms with van der Waals surface area (Å²) >= 11 is 0. The highest BCUT2D eigenvalue weighted by atomic mass is 16.5. The molecule has 0 aromatic carbocycles. The van der Waals surface area contributed by atoms with Gasteiger partial charge in [0.25, 0.3) is 0 Å². The largest absolute Gasteiger partial charge is 0.458 e. The van der Waals surface area contributed by atoms with Crippen LogP contribution in [0.25, 0.3) is 0 Å². The molecule has 0 radical (unpaired) electrons. The molecule has 0 spiro atoms. The molecular weight excluding hydrogens is 152 g/mol. The van der Waals surface area contributed by atoms with Crippen LogP contribution in [-0.4, -0.2) is 12.1 Å². The highest BCUT2D eigenvalue weighted by molar-refractivity contribution is 5.66. The van der Waals surface area contributed by atoms with Gasteiger partial charge in [0.05, 0.1) is 0 Å². The lowest BCUT2D eigenvalue weighted by atomic mass is 9.87. The Morgan fingerprint density at radius 1 is 1.67 bits per heavy atom. The predicted octanol–water partition coefficient (Wildman–Crippen LogP) is 2.29. The van der Waals surface area contributed by atoms with E-state index in [1.54, 1.807) is 0 Å². The van der Waals surface area contributed by atoms with Crippen LogP contribution in [0.2, 0.25) is 0 Å². The number of hydrogen-bond donors (Lipinski definition) is 0. The first kappa shape index (κ1) is 9.30. The molecule has 1 unspecified atom stereocenters. The first-order valence-corrected chi connectivity index (χ1v) is 4.28. The molecule has 0 amide bonds. The number of carbonyl (C=O) groups excluding carboxylic acids is 1. The van der Waals surface area contributed by atoms with Crippen LogP contribution in [0.1, 0.15) is 34.1 Å². The van der Waals surface area contributed by atoms with Crippen LogP contribution in [0.15, 0.2) is 11.6 Å². The Kier molecular flexibility index (Phi) is 2.27. The normalized spacial score (nSPS) is 26.7. The van der Waals surface area contributed by atoms with Gasteiger partial charge >= 0.3 is 5.97 Å². The van der Waals surface area contributed by atoms with Gasteiger partial charge in [-0.05, 0) is 24.8 Å². The molecular formula is C10H16O2. The van der Waals surface area contributed by atoms with Crippen molar-refractivity contribution in [3.63, 3.8) is 0 Å². The maximum atomic E-state index is 10.7. The van der Waals surface area contributed by atoms with Crippen LogP contribution in [0.4, 0.5) is 0 Å². The number of rotatable bonds is 1. The third kappa shape index (κ3) is 1.87. The molecule has 2 heteroatoms. The predicted molar refractivity (Wildman–Crippen MR) is 47.7 cm³/mol. The molecule has 0 saturated heterocycles. The highest BCUT2D eigenvalue weighted by Gasteiger charge is 2.31. The Morgan fingerprint density at radius 2 is 2.25 bits per heavy atom. The third-order valence-electron chi connectivity index (χ3n) is 2.53. The van der Waals surface area contributed by atoms with Gasteiger partial charge in [0, 0.05) is 6.92 Å². The lowest BCUT2D eigenvalue weighted by Gasteiger charge is -2.20. The summed E-state index contributed by atoms with van der Waals surface area (Å²) in [5.74, 6) is -0.193. The Labute approximate surface area is 73.6 Å². The SMILES string of the molecule is CC(=O)OC1C=C(C)C(C)(C)C1. The van der Waals surface area contributed by atoms with Gasteiger partial charge < -0.3 is 4.74 Å². The average Bonchev–Trinajstić information content (AvgIpc) is 2.04. The average molecular weight is 168 g/mol. The Morgan fingerprint density at radius 3 is 2.58 bits per heavy atom. The van der Waals surface area contributed by atoms with Gasteiger partial charge in [-0.1, -0.05) is 19.4 Å². The van der Waals surface area contributed by atoms with Crippen molar-refractivity contribution in [2.75, 3.05) is 0 Å². The van der Waals surface area contributed by atoms with Gasteiger partial charge in [0.2, 0.25) is 0 Å². The first-order valence-electron chi connectivity index (χ1n) is 4.28. The molecule has 0 N–H and O–H groups in total. The van der Waals surface area contributed by atoms with Gasteiger partial charge in [0.1, 0.15) is 6.10 Å². The minimum Gasteiger partial charge on any atom is -0.458 e. The van der Waals surface area contributed by atoms with Crippen molar-refractivity contribution in [2.24, 2.45) is 5.41 Å². The van der Waals surface area contributed by atoms with E-state index >= 15 is 0 Å². The zero-order valence-corrected chi connectivity index (χ0v) is 8.18. The van der Waals surface area contributed by atoms with Gasteiger partial charge in [0.15, 0.2) is 0 Å². The van der Waals surface area contributed by atoms with Gasteiger partial charge in [-0.15, -0.1) is 0 Å². The van der Waals surface area contributed by atoms with Crippen molar-refractivity contribution in [2.45, 2.75) is 40.2 Å². The summed E-state index contributed by atoms with van der Waals surface area (Å²) in [6.07, 6.45) is 2.96. The molecule has 0 aliphatic heterocycles. The minimum absolute atomic E-state index is 0.00231. The summed E-state index contributed by atoms with van der Waals surface area (Å²) in [7, 11) is 0. The molecule has 1 rings (SSSR count). The van der Waals surface area contributed by atoms with Crippen LogP contribution in [0.3, 0.4) is 0 Å². The molecule has 0 heterocycles. The quantitative estimate of drug-likeness (QED) is 0.443. The number of carbonyl (C=O) groups is 1. The maximum Gasteiger partial charge on any atom is 0.303 e. The second-order valence-electron chi connectivity index (χ2n) is 4.09. The summed E-state index contributed by atoms with van der Waals surface area (Å²) in [6, 6.07) is 0. The van der Waals surface area contributed by atoms with Crippen molar-refractivity contribution in [1.29, 1.82) is 0 Å². The third-order valence-corrected chi connectivity index (χ3v) is 2.53. The first-order chi connectivity index (χ1) is 5.42. The standard InChI is InChI=1S/C10H16O2/c1-7-5-9(12-8(2)11)6-10(7,3)4/h5,9H,6H2,1-4H3. The Bertz CT molecular complexity index is 226. The smallest absolute Gasteiger partial charge is 0.303 e. The van der Waals surface area contributed by atoms with E-state index < -0.39 is 0 Å². The fourth-order valence-electron chi connectivity index (χ4n) is 1.52. The molecule has 0 saturated carbocycles. The molecule has 2 nitrogen and oxygen atoms in total. The molecule has 12 heavy (non-hydrogen) atoms. The van der Waals surface area contributed by atoms with Crippen LogP contribution >= 0.6 is 0 Å². The number of ether oxygens (including phenoxy) is 1. The van der Waals surface area contributed by atoms with Gasteiger partial charge in [-0.25, -0.2) is 0 Å². The number of esters is 1. The Balaban J connectivity index is 2.61. The van der Waals surface area contributed by atoms with Gasteiger partial charge in [-0.2, -0.15) is 0 Å². The van der Waals surface area contributed by atoms with Crippen LogP contribution < -0.4 is 0 Å². The van der Waals surface area contributed by atoms with E-state index in [0.717, 1.165) is 6.42 Å². The molecule has 1 aliphatic carbocycles. The lowest BCUT2D eigenvalue weighted by Crippen LogP contribution is -2.16. The highest BCUT2D eigenvalue weighted by Crippen LogP contribution is 2.38. The molecule has 68 valence electrons. The van der Waals surface area contributed by atoms with Crippen LogP contribution in [-0.2, 0) is 9.53 Å². The van der Waals surface area contributed by atoms with Crippen molar-refractivity contribution in [3.05, 3.63) is 11.6 Å². The van der Waals surface area contributed by atoms with Crippen molar-refractivity contribution in [3.8, 4) is 0 Å². The van der Waals surface area contributed by atoms with Crippen LogP contribution in [0, 0.1) is 5.41 Å². The van der Waals surface area contributed by atoms with E-state index in [0.29, 0.717) is 0 Å². The second kappa shape index (κ2) is 2.92. The number of hydrogen-bond acceptors (Lipinski definition) is 2. The topological polar surface area (TPSA) is 26.3 Å². The second-order valence-corrected chi connectivity index (χ2v) is 4.09. The van der Waals surface area contributed by atoms with E-state index in [-0.39, 0.29) is 17.5 Å². The summed E-state index contributed by atoms with van der Waals surface area (Å²) in [4.78, 5) is 10.7. The zero-order chi connectivity index (χ0) is 9.35. The van der Waals surface area contributed by atoms with Crippen LogP contribution in [0.5, 0.6) is 0 Å². The summed E-state index contributed by atoms with van der Waals surface area (Å²) in [5.41, 5.74) is 1.51. The van der Waals surface area contributed by atoms with E-state index in [1.807, 2.05) is 6.08 Å². The van der Waals surface area contributed by atoms with Gasteiger partial charge in [-0.3, -0.25) is 4.79 Å². The van der Waals surface area contributed by atoms with Crippen molar-refractivity contribution < 1.29 is 9.53 Å². The molecule has 0 aromatic rings. The molecule has 1 atom stereocenters. The molecule has 0 aromatic heterocycles. The summed E-state index contributed by atoms with van der Waals surface area (Å²) < 4.78 is 5.10. The maximum absolute atomic E-state index is 10.7.